The van der Waals surface area contributed by atoms with E-state index in [0.29, 0.717) is 0 Å². The summed E-state index contributed by atoms with van der Waals surface area (Å²) in [5.74, 6) is 0. The number of likely N-dealkylation sites (tertiary alicyclic amines) is 1. The van der Waals surface area contributed by atoms with Crippen LogP contribution >= 0.6 is 0 Å². The van der Waals surface area contributed by atoms with Crippen LogP contribution in [0.3, 0.4) is 0 Å². The van der Waals surface area contributed by atoms with Crippen molar-refractivity contribution in [1.29, 1.82) is 0 Å². The largest absolute Gasteiger partial charge is 0.444 e. The zero-order valence-corrected chi connectivity index (χ0v) is 11.4. The summed E-state index contributed by atoms with van der Waals surface area (Å²) in [6.45, 7) is 6.48. The molecule has 100 valence electrons. The molecule has 0 aliphatic carbocycles. The highest BCUT2D eigenvalue weighted by molar-refractivity contribution is 5.69. The first-order valence-electron chi connectivity index (χ1n) is 6.60. The number of rotatable bonds is 1. The molecule has 1 N–H and O–H groups in total. The minimum Gasteiger partial charge on any atom is -0.444 e. The van der Waals surface area contributed by atoms with Gasteiger partial charge in [0.2, 0.25) is 0 Å². The minimum absolute atomic E-state index is 0.128. The van der Waals surface area contributed by atoms with Gasteiger partial charge in [-0.2, -0.15) is 0 Å². The van der Waals surface area contributed by atoms with Crippen molar-refractivity contribution in [1.82, 2.24) is 9.88 Å². The fourth-order valence-electron chi connectivity index (χ4n) is 2.35. The third-order valence-electron chi connectivity index (χ3n) is 3.11. The van der Waals surface area contributed by atoms with Gasteiger partial charge in [0, 0.05) is 18.4 Å². The maximum absolute atomic E-state index is 12.2. The molecule has 0 bridgehead atoms. The van der Waals surface area contributed by atoms with Gasteiger partial charge in [-0.15, -0.1) is 0 Å². The van der Waals surface area contributed by atoms with Crippen molar-refractivity contribution in [3.05, 3.63) is 24.0 Å². The molecule has 0 saturated carbocycles. The number of hydrogen-bond donors (Lipinski definition) is 1. The van der Waals surface area contributed by atoms with Gasteiger partial charge in [0.1, 0.15) is 5.60 Å². The third-order valence-corrected chi connectivity index (χ3v) is 3.11. The molecule has 2 rings (SSSR count). The summed E-state index contributed by atoms with van der Waals surface area (Å²) in [5.41, 5.74) is 0.662. The summed E-state index contributed by atoms with van der Waals surface area (Å²) in [5, 5.41) is 0. The Hall–Kier alpha value is -1.45. The van der Waals surface area contributed by atoms with Crippen LogP contribution in [0.1, 0.15) is 51.8 Å². The van der Waals surface area contributed by atoms with E-state index in [9.17, 15) is 4.79 Å². The lowest BCUT2D eigenvalue weighted by molar-refractivity contribution is 0.00906. The van der Waals surface area contributed by atoms with Crippen LogP contribution in [-0.4, -0.2) is 28.1 Å². The molecular weight excluding hydrogens is 228 g/mol. The van der Waals surface area contributed by atoms with Crippen LogP contribution in [0.2, 0.25) is 0 Å². The highest BCUT2D eigenvalue weighted by atomic mass is 16.6. The number of carbonyl (C=O) groups is 1. The summed E-state index contributed by atoms with van der Waals surface area (Å²) in [6.07, 6.45) is 4.90. The van der Waals surface area contributed by atoms with E-state index in [2.05, 4.69) is 4.98 Å². The van der Waals surface area contributed by atoms with Crippen molar-refractivity contribution in [3.63, 3.8) is 0 Å². The van der Waals surface area contributed by atoms with E-state index < -0.39 is 5.60 Å². The number of carbonyl (C=O) groups excluding carboxylic acids is 1. The zero-order chi connectivity index (χ0) is 13.2. The van der Waals surface area contributed by atoms with Crippen molar-refractivity contribution >= 4 is 6.09 Å². The van der Waals surface area contributed by atoms with Crippen molar-refractivity contribution in [2.75, 3.05) is 6.54 Å². The average molecular weight is 250 g/mol. The maximum Gasteiger partial charge on any atom is 0.410 e. The molecule has 0 radical (unpaired) electrons. The Morgan fingerprint density at radius 3 is 2.83 bits per heavy atom. The first kappa shape index (κ1) is 13.0. The molecule has 0 spiro atoms. The van der Waals surface area contributed by atoms with Gasteiger partial charge >= 0.3 is 6.09 Å². The molecular formula is C14H22N2O2. The molecule has 4 nitrogen and oxygen atoms in total. The van der Waals surface area contributed by atoms with Crippen LogP contribution in [0.25, 0.3) is 0 Å². The maximum atomic E-state index is 12.2. The van der Waals surface area contributed by atoms with E-state index in [-0.39, 0.29) is 12.1 Å². The third kappa shape index (κ3) is 3.06. The van der Waals surface area contributed by atoms with Gasteiger partial charge in [-0.25, -0.2) is 4.79 Å². The zero-order valence-electron chi connectivity index (χ0n) is 11.4. The van der Waals surface area contributed by atoms with E-state index in [0.717, 1.165) is 31.5 Å². The van der Waals surface area contributed by atoms with E-state index in [1.807, 2.05) is 44.0 Å². The number of nitrogens with one attached hydrogen (secondary N) is 1. The predicted molar refractivity (Wildman–Crippen MR) is 70.3 cm³/mol. The summed E-state index contributed by atoms with van der Waals surface area (Å²) in [7, 11) is 0. The van der Waals surface area contributed by atoms with E-state index in [1.165, 1.54) is 0 Å². The molecule has 1 aromatic heterocycles. The van der Waals surface area contributed by atoms with E-state index in [1.54, 1.807) is 0 Å². The fourth-order valence-corrected chi connectivity index (χ4v) is 2.35. The Balaban J connectivity index is 2.11. The molecule has 0 aromatic carbocycles. The number of nitrogens with zero attached hydrogens (tertiary/aromatic N) is 1. The number of ether oxygens (including phenoxy) is 1. The molecule has 1 saturated heterocycles. The number of aromatic amines is 1. The van der Waals surface area contributed by atoms with Crippen LogP contribution in [0.5, 0.6) is 0 Å². The van der Waals surface area contributed by atoms with Crippen molar-refractivity contribution in [2.24, 2.45) is 0 Å². The Labute approximate surface area is 108 Å². The molecule has 1 fully saturated rings. The van der Waals surface area contributed by atoms with Crippen molar-refractivity contribution in [3.8, 4) is 0 Å². The molecule has 1 aliphatic rings. The average Bonchev–Trinajstić information content (AvgIpc) is 2.80. The van der Waals surface area contributed by atoms with Gasteiger partial charge in [-0.1, -0.05) is 0 Å². The predicted octanol–water partition coefficient (Wildman–Crippen LogP) is 3.48. The highest BCUT2D eigenvalue weighted by Crippen LogP contribution is 2.31. The topological polar surface area (TPSA) is 45.3 Å². The van der Waals surface area contributed by atoms with Gasteiger partial charge in [0.15, 0.2) is 0 Å². The molecule has 2 heterocycles. The van der Waals surface area contributed by atoms with E-state index >= 15 is 0 Å². The second-order valence-electron chi connectivity index (χ2n) is 5.81. The molecule has 1 unspecified atom stereocenters. The van der Waals surface area contributed by atoms with Gasteiger partial charge in [0.05, 0.1) is 6.04 Å². The van der Waals surface area contributed by atoms with Crippen LogP contribution in [0.15, 0.2) is 18.3 Å². The first-order valence-corrected chi connectivity index (χ1v) is 6.60. The Morgan fingerprint density at radius 2 is 2.22 bits per heavy atom. The van der Waals surface area contributed by atoms with Crippen LogP contribution in [0.4, 0.5) is 4.79 Å². The van der Waals surface area contributed by atoms with Crippen LogP contribution < -0.4 is 0 Å². The number of piperidine rings is 1. The van der Waals surface area contributed by atoms with Crippen LogP contribution in [-0.2, 0) is 4.74 Å². The van der Waals surface area contributed by atoms with Crippen molar-refractivity contribution in [2.45, 2.75) is 51.7 Å². The molecule has 1 atom stereocenters. The van der Waals surface area contributed by atoms with Crippen LogP contribution in [0, 0.1) is 0 Å². The summed E-state index contributed by atoms with van der Waals surface area (Å²) >= 11 is 0. The number of amides is 1. The van der Waals surface area contributed by atoms with Gasteiger partial charge in [0.25, 0.3) is 0 Å². The summed E-state index contributed by atoms with van der Waals surface area (Å²) in [4.78, 5) is 17.3. The van der Waals surface area contributed by atoms with Gasteiger partial charge < -0.3 is 9.72 Å². The molecule has 4 heteroatoms. The first-order chi connectivity index (χ1) is 8.47. The SMILES string of the molecule is CC(C)(C)OC(=O)N1CCCCC1c1ccc[nH]1. The Kier molecular flexibility index (Phi) is 3.64. The second kappa shape index (κ2) is 5.04. The highest BCUT2D eigenvalue weighted by Gasteiger charge is 2.31. The fraction of sp³-hybridized carbons (Fsp3) is 0.643. The standard InChI is InChI=1S/C14H22N2O2/c1-14(2,3)18-13(17)16-10-5-4-8-12(16)11-7-6-9-15-11/h6-7,9,12,15H,4-5,8,10H2,1-3H3. The Morgan fingerprint density at radius 1 is 1.44 bits per heavy atom. The Bertz CT molecular complexity index is 392. The summed E-state index contributed by atoms with van der Waals surface area (Å²) in [6, 6.07) is 4.13. The number of aromatic nitrogens is 1. The lowest BCUT2D eigenvalue weighted by atomic mass is 10.00. The monoisotopic (exact) mass is 250 g/mol. The molecule has 18 heavy (non-hydrogen) atoms. The lowest BCUT2D eigenvalue weighted by Crippen LogP contribution is -2.41. The summed E-state index contributed by atoms with van der Waals surface area (Å²) < 4.78 is 5.48. The normalized spacial score (nSPS) is 20.8. The molecule has 1 amide bonds. The van der Waals surface area contributed by atoms with E-state index in [4.69, 9.17) is 4.74 Å². The molecule has 1 aliphatic heterocycles. The number of hydrogen-bond acceptors (Lipinski definition) is 2. The minimum atomic E-state index is -0.436. The quantitative estimate of drug-likeness (QED) is 0.829. The second-order valence-corrected chi connectivity index (χ2v) is 5.81. The van der Waals surface area contributed by atoms with Gasteiger partial charge in [-0.05, 0) is 52.2 Å². The smallest absolute Gasteiger partial charge is 0.410 e. The van der Waals surface area contributed by atoms with Crippen molar-refractivity contribution < 1.29 is 9.53 Å². The lowest BCUT2D eigenvalue weighted by Gasteiger charge is -2.36. The number of H-pyrrole nitrogens is 1. The molecule has 1 aromatic rings. The van der Waals surface area contributed by atoms with Gasteiger partial charge in [-0.3, -0.25) is 4.90 Å².